The van der Waals surface area contributed by atoms with Crippen LogP contribution in [0.4, 0.5) is 11.9 Å². The molecule has 0 bridgehead atoms. The van der Waals surface area contributed by atoms with Crippen LogP contribution < -0.4 is 15.4 Å². The molecule has 0 radical (unpaired) electrons. The van der Waals surface area contributed by atoms with Gasteiger partial charge < -0.3 is 30.0 Å². The van der Waals surface area contributed by atoms with Crippen LogP contribution in [-0.4, -0.2) is 93.0 Å². The van der Waals surface area contributed by atoms with Crippen LogP contribution in [0.25, 0.3) is 78.0 Å². The minimum Gasteiger partial charge on any atom is -0.508 e. The number of anilines is 2. The van der Waals surface area contributed by atoms with Gasteiger partial charge in [-0.2, -0.15) is 9.97 Å². The number of hydrogen-bond donors (Lipinski definition) is 3. The fourth-order valence-electron chi connectivity index (χ4n) is 8.90. The lowest BCUT2D eigenvalue weighted by Crippen LogP contribution is -2.28. The Morgan fingerprint density at radius 3 is 1.47 bits per heavy atom. The van der Waals surface area contributed by atoms with Gasteiger partial charge in [0.05, 0.1) is 29.2 Å². The third-order valence-electron chi connectivity index (χ3n) is 12.4. The first kappa shape index (κ1) is 50.5. The fourth-order valence-corrected chi connectivity index (χ4v) is 8.90. The third kappa shape index (κ3) is 11.7. The van der Waals surface area contributed by atoms with E-state index in [-0.39, 0.29) is 16.4 Å². The second-order valence-corrected chi connectivity index (χ2v) is 23.4. The summed E-state index contributed by atoms with van der Waals surface area (Å²) in [5.74, 6) is 5.22. The molecule has 0 unspecified atom stereocenters. The topological polar surface area (TPSA) is 159 Å². The van der Waals surface area contributed by atoms with Gasteiger partial charge in [0.2, 0.25) is 11.9 Å². The molecule has 2 fully saturated rings. The smallest absolute Gasteiger partial charge is 0.369 e. The summed E-state index contributed by atoms with van der Waals surface area (Å²) in [4.78, 5) is 28.5. The summed E-state index contributed by atoms with van der Waals surface area (Å²) in [5, 5.41) is 21.6. The van der Waals surface area contributed by atoms with Gasteiger partial charge in [-0.1, -0.05) is 80.2 Å². The number of methoxy groups -OCH3 is 1. The first-order valence-corrected chi connectivity index (χ1v) is 26.0. The van der Waals surface area contributed by atoms with Crippen molar-refractivity contribution in [2.45, 2.75) is 45.2 Å². The SMILES string of the molecule is BrB(Br)Br.C.COc1ccc2c(c1)nc(-c1ccc3ccccc3c1)n2-c1ccnc(NC2CCOCC2)n1.Oc1ccc2c(c1)nc(-c1ccc3ccccc3c1)n2-c1ccnc(NC2CCOCC2)n1. The van der Waals surface area contributed by atoms with Gasteiger partial charge in [0.25, 0.3) is 0 Å². The second kappa shape index (κ2) is 23.4. The first-order valence-electron chi connectivity index (χ1n) is 23.3. The number of benzene rings is 6. The van der Waals surface area contributed by atoms with Crippen LogP contribution in [0.5, 0.6) is 11.5 Å². The number of nitrogens with zero attached hydrogens (tertiary/aromatic N) is 8. The van der Waals surface area contributed by atoms with Crippen molar-refractivity contribution < 1.29 is 19.3 Å². The van der Waals surface area contributed by atoms with Crippen molar-refractivity contribution >= 4 is 106 Å². The molecule has 366 valence electrons. The van der Waals surface area contributed by atoms with Crippen molar-refractivity contribution in [2.75, 3.05) is 44.2 Å². The number of hydrogen-bond acceptors (Lipinski definition) is 12. The lowest BCUT2D eigenvalue weighted by molar-refractivity contribution is 0.0902. The van der Waals surface area contributed by atoms with Crippen LogP contribution in [0.2, 0.25) is 0 Å². The molecule has 0 amide bonds. The number of ether oxygens (including phenoxy) is 3. The van der Waals surface area contributed by atoms with Gasteiger partial charge in [-0.25, -0.2) is 19.9 Å². The molecule has 3 N–H and O–H groups in total. The Morgan fingerprint density at radius 2 is 1.00 bits per heavy atom. The third-order valence-corrected chi connectivity index (χ3v) is 12.4. The van der Waals surface area contributed by atoms with E-state index < -0.39 is 0 Å². The molecular weight excluding hydrogens is 1100 g/mol. The maximum Gasteiger partial charge on any atom is 0.369 e. The lowest BCUT2D eigenvalue weighted by atomic mass is 10.1. The lowest BCUT2D eigenvalue weighted by Gasteiger charge is -2.23. The summed E-state index contributed by atoms with van der Waals surface area (Å²) in [6, 6.07) is 44.9. The summed E-state index contributed by atoms with van der Waals surface area (Å²) in [7, 11) is 1.67. The molecule has 2 aliphatic rings. The van der Waals surface area contributed by atoms with Gasteiger partial charge in [-0.3, -0.25) is 9.13 Å². The summed E-state index contributed by atoms with van der Waals surface area (Å²) < 4.78 is 20.8. The van der Waals surface area contributed by atoms with Gasteiger partial charge in [0, 0.05) is 74.2 Å². The Kier molecular flexibility index (Phi) is 16.4. The number of nitrogens with one attached hydrogen (secondary N) is 2. The summed E-state index contributed by atoms with van der Waals surface area (Å²) in [5.41, 5.74) is 5.37. The van der Waals surface area contributed by atoms with Crippen molar-refractivity contribution in [3.05, 3.63) is 146 Å². The van der Waals surface area contributed by atoms with E-state index in [4.69, 9.17) is 34.1 Å². The van der Waals surface area contributed by atoms with Crippen molar-refractivity contribution in [1.82, 2.24) is 39.0 Å². The van der Waals surface area contributed by atoms with E-state index in [9.17, 15) is 5.11 Å². The Hall–Kier alpha value is -6.44. The second-order valence-electron chi connectivity index (χ2n) is 17.0. The largest absolute Gasteiger partial charge is 0.508 e. The highest BCUT2D eigenvalue weighted by Gasteiger charge is 2.21. The molecule has 0 aliphatic carbocycles. The molecule has 4 aromatic heterocycles. The minimum atomic E-state index is 0. The molecule has 0 saturated carbocycles. The van der Waals surface area contributed by atoms with Crippen LogP contribution >= 0.6 is 47.3 Å². The number of phenols is 1. The normalized spacial score (nSPS) is 13.9. The highest BCUT2D eigenvalue weighted by Crippen LogP contribution is 2.34. The quantitative estimate of drug-likeness (QED) is 0.118. The van der Waals surface area contributed by atoms with Crippen LogP contribution in [0, 0.1) is 0 Å². The molecule has 12 rings (SSSR count). The van der Waals surface area contributed by atoms with E-state index in [1.165, 1.54) is 16.2 Å². The molecule has 18 heteroatoms. The van der Waals surface area contributed by atoms with Crippen molar-refractivity contribution in [2.24, 2.45) is 0 Å². The van der Waals surface area contributed by atoms with Crippen LogP contribution in [0.3, 0.4) is 0 Å². The zero-order valence-corrected chi connectivity index (χ0v) is 43.4. The Morgan fingerprint density at radius 1 is 0.556 bits per heavy atom. The molecule has 2 saturated heterocycles. The maximum atomic E-state index is 10.0. The number of rotatable bonds is 9. The number of imidazole rings is 2. The van der Waals surface area contributed by atoms with E-state index in [0.717, 1.165) is 114 Å². The number of fused-ring (bicyclic) bond motifs is 4. The molecule has 72 heavy (non-hydrogen) atoms. The Bertz CT molecular complexity index is 3450. The molecule has 2 aliphatic heterocycles. The standard InChI is InChI=1S/C27H25N5O2.C26H23N5O2.CH4.BBr3/c1-33-22-8-9-24-23(17-22)30-26(20-7-6-18-4-2-3-5-19(18)16-20)32(24)25-10-13-28-27(31-25)29-21-11-14-34-15-12-21;32-21-7-8-23-22(16-21)29-25(19-6-5-17-3-1-2-4-18(17)15-19)31(23)24-9-12-27-26(30-24)28-20-10-13-33-14-11-20;;2-1(3)4/h2-10,13,16-17,21H,11-12,14-15H2,1H3,(H,28,29,31);1-9,12,15-16,20,32H,10-11,13-14H2,(H,27,28,30);1H4;. The zero-order valence-electron chi connectivity index (χ0n) is 38.6. The fraction of sp³-hybridized carbons (Fsp3) is 0.222. The minimum absolute atomic E-state index is 0. The molecule has 0 spiro atoms. The van der Waals surface area contributed by atoms with Gasteiger partial charge in [-0.15, -0.1) is 47.3 Å². The number of aromatic nitrogens is 8. The van der Waals surface area contributed by atoms with Gasteiger partial charge in [0.1, 0.15) is 34.8 Å². The van der Waals surface area contributed by atoms with Crippen molar-refractivity contribution in [3.63, 3.8) is 0 Å². The van der Waals surface area contributed by atoms with Crippen LogP contribution in [0.15, 0.2) is 146 Å². The van der Waals surface area contributed by atoms with E-state index in [1.54, 1.807) is 31.6 Å². The average Bonchev–Trinajstić information content (AvgIpc) is 3.98. The molecule has 14 nitrogen and oxygen atoms in total. The van der Waals surface area contributed by atoms with Gasteiger partial charge in [0.15, 0.2) is 0 Å². The highest BCUT2D eigenvalue weighted by atomic mass is 79.9. The number of halogens is 3. The average molecular weight is 1160 g/mol. The maximum absolute atomic E-state index is 10.0. The number of phenolic OH excluding ortho intramolecular Hbond substituents is 1. The monoisotopic (exact) mass is 1150 g/mol. The molecule has 6 aromatic carbocycles. The van der Waals surface area contributed by atoms with Crippen molar-refractivity contribution in [3.8, 4) is 45.9 Å². The summed E-state index contributed by atoms with van der Waals surface area (Å²) in [6.45, 7) is 3.02. The molecule has 0 atom stereocenters. The summed E-state index contributed by atoms with van der Waals surface area (Å²) >= 11 is 9.31. The van der Waals surface area contributed by atoms with Gasteiger partial charge >= 0.3 is 3.18 Å². The highest BCUT2D eigenvalue weighted by molar-refractivity contribution is 9.69. The van der Waals surface area contributed by atoms with Gasteiger partial charge in [-0.05, 0) is 95.8 Å². The molecule has 10 aromatic rings. The van der Waals surface area contributed by atoms with E-state index in [2.05, 4.69) is 145 Å². The zero-order chi connectivity index (χ0) is 48.7. The van der Waals surface area contributed by atoms with E-state index in [1.807, 2.05) is 53.1 Å². The predicted octanol–water partition coefficient (Wildman–Crippen LogP) is 13.0. The number of aromatic hydroxyl groups is 1. The Labute approximate surface area is 442 Å². The van der Waals surface area contributed by atoms with Crippen molar-refractivity contribution in [1.29, 1.82) is 0 Å². The molecule has 6 heterocycles. The van der Waals surface area contributed by atoms with Crippen LogP contribution in [-0.2, 0) is 9.47 Å². The summed E-state index contributed by atoms with van der Waals surface area (Å²) in [6.07, 6.45) is 7.32. The Balaban J connectivity index is 0.000000164. The first-order chi connectivity index (χ1) is 34.8. The molecular formula is C54H52BBr3N10O4. The van der Waals surface area contributed by atoms with E-state index in [0.29, 0.717) is 29.5 Å². The van der Waals surface area contributed by atoms with E-state index >= 15 is 0 Å². The predicted molar refractivity (Wildman–Crippen MR) is 302 cm³/mol. The van der Waals surface area contributed by atoms with Crippen LogP contribution in [0.1, 0.15) is 33.1 Å².